The molecule has 17 heavy (non-hydrogen) atoms. The Morgan fingerprint density at radius 2 is 1.47 bits per heavy atom. The standard InChI is InChI=1S/C13H22O3S/c14-11(15)12(5-3-1-2-4-6-12)13(16)7-9-17-10-8-13/h16H,1-10H2,(H,14,15). The molecular formula is C13H22O3S. The maximum absolute atomic E-state index is 11.8. The van der Waals surface area contributed by atoms with Gasteiger partial charge in [0.05, 0.1) is 11.0 Å². The first-order valence-corrected chi connectivity index (χ1v) is 7.80. The van der Waals surface area contributed by atoms with Crippen molar-refractivity contribution in [3.8, 4) is 0 Å². The summed E-state index contributed by atoms with van der Waals surface area (Å²) in [4.78, 5) is 11.8. The minimum absolute atomic E-state index is 0.643. The molecule has 0 atom stereocenters. The van der Waals surface area contributed by atoms with Crippen LogP contribution in [-0.4, -0.2) is 33.3 Å². The molecule has 0 aromatic heterocycles. The predicted octanol–water partition coefficient (Wildman–Crippen LogP) is 2.67. The number of carboxylic acid groups (broad SMARTS) is 1. The Labute approximate surface area is 107 Å². The highest BCUT2D eigenvalue weighted by atomic mass is 32.2. The molecule has 1 aliphatic carbocycles. The Kier molecular flexibility index (Phi) is 4.03. The average molecular weight is 258 g/mol. The van der Waals surface area contributed by atoms with E-state index in [-0.39, 0.29) is 0 Å². The van der Waals surface area contributed by atoms with Crippen LogP contribution in [0.15, 0.2) is 0 Å². The molecule has 0 aromatic rings. The quantitative estimate of drug-likeness (QED) is 0.748. The van der Waals surface area contributed by atoms with E-state index in [1.54, 1.807) is 0 Å². The molecule has 1 saturated carbocycles. The van der Waals surface area contributed by atoms with E-state index in [9.17, 15) is 15.0 Å². The van der Waals surface area contributed by atoms with Crippen LogP contribution in [0.5, 0.6) is 0 Å². The van der Waals surface area contributed by atoms with Gasteiger partial charge in [-0.2, -0.15) is 11.8 Å². The molecule has 2 rings (SSSR count). The van der Waals surface area contributed by atoms with Crippen LogP contribution in [0.25, 0.3) is 0 Å². The topological polar surface area (TPSA) is 57.5 Å². The zero-order chi connectivity index (χ0) is 12.4. The second-order valence-corrected chi connectivity index (χ2v) is 6.67. The molecule has 0 radical (unpaired) electrons. The van der Waals surface area contributed by atoms with E-state index in [4.69, 9.17) is 0 Å². The van der Waals surface area contributed by atoms with Gasteiger partial charge in [-0.25, -0.2) is 0 Å². The Morgan fingerprint density at radius 3 is 1.94 bits per heavy atom. The minimum Gasteiger partial charge on any atom is -0.481 e. The Balaban J connectivity index is 2.27. The Bertz CT molecular complexity index is 276. The largest absolute Gasteiger partial charge is 0.481 e. The van der Waals surface area contributed by atoms with Crippen molar-refractivity contribution < 1.29 is 15.0 Å². The molecule has 0 amide bonds. The van der Waals surface area contributed by atoms with E-state index in [2.05, 4.69) is 0 Å². The van der Waals surface area contributed by atoms with Crippen LogP contribution in [0.1, 0.15) is 51.4 Å². The molecule has 2 aliphatic rings. The average Bonchev–Trinajstić information content (AvgIpc) is 2.56. The zero-order valence-corrected chi connectivity index (χ0v) is 11.1. The molecule has 1 saturated heterocycles. The van der Waals surface area contributed by atoms with Gasteiger partial charge in [0.2, 0.25) is 0 Å². The third-order valence-corrected chi connectivity index (χ3v) is 5.56. The lowest BCUT2D eigenvalue weighted by atomic mass is 9.64. The smallest absolute Gasteiger partial charge is 0.312 e. The lowest BCUT2D eigenvalue weighted by molar-refractivity contribution is -0.174. The van der Waals surface area contributed by atoms with Gasteiger partial charge in [-0.3, -0.25) is 4.79 Å². The fraction of sp³-hybridized carbons (Fsp3) is 0.923. The monoisotopic (exact) mass is 258 g/mol. The normalized spacial score (nSPS) is 28.3. The number of aliphatic hydroxyl groups is 1. The van der Waals surface area contributed by atoms with E-state index in [0.29, 0.717) is 25.7 Å². The summed E-state index contributed by atoms with van der Waals surface area (Å²) in [5.41, 5.74) is -1.83. The van der Waals surface area contributed by atoms with Gasteiger partial charge < -0.3 is 10.2 Å². The van der Waals surface area contributed by atoms with Crippen molar-refractivity contribution in [3.05, 3.63) is 0 Å². The summed E-state index contributed by atoms with van der Waals surface area (Å²) in [5.74, 6) is 1.02. The first-order valence-electron chi connectivity index (χ1n) is 6.64. The summed E-state index contributed by atoms with van der Waals surface area (Å²) < 4.78 is 0. The highest BCUT2D eigenvalue weighted by molar-refractivity contribution is 7.99. The van der Waals surface area contributed by atoms with Crippen LogP contribution in [0.3, 0.4) is 0 Å². The molecule has 1 heterocycles. The number of thioether (sulfide) groups is 1. The number of aliphatic carboxylic acids is 1. The van der Waals surface area contributed by atoms with Crippen molar-refractivity contribution in [2.45, 2.75) is 57.0 Å². The van der Waals surface area contributed by atoms with Crippen LogP contribution < -0.4 is 0 Å². The first-order chi connectivity index (χ1) is 8.11. The van der Waals surface area contributed by atoms with Crippen molar-refractivity contribution in [3.63, 3.8) is 0 Å². The fourth-order valence-corrected chi connectivity index (χ4v) is 4.57. The van der Waals surface area contributed by atoms with Crippen molar-refractivity contribution in [1.82, 2.24) is 0 Å². The van der Waals surface area contributed by atoms with E-state index in [1.165, 1.54) is 0 Å². The van der Waals surface area contributed by atoms with Crippen LogP contribution >= 0.6 is 11.8 Å². The van der Waals surface area contributed by atoms with Crippen molar-refractivity contribution in [1.29, 1.82) is 0 Å². The minimum atomic E-state index is -0.964. The van der Waals surface area contributed by atoms with E-state index >= 15 is 0 Å². The zero-order valence-electron chi connectivity index (χ0n) is 10.3. The van der Waals surface area contributed by atoms with Gasteiger partial charge in [0, 0.05) is 0 Å². The summed E-state index contributed by atoms with van der Waals surface area (Å²) in [6, 6.07) is 0. The van der Waals surface area contributed by atoms with Gasteiger partial charge in [0.25, 0.3) is 0 Å². The summed E-state index contributed by atoms with van der Waals surface area (Å²) in [5, 5.41) is 20.5. The maximum Gasteiger partial charge on any atom is 0.312 e. The van der Waals surface area contributed by atoms with E-state index in [1.807, 2.05) is 11.8 Å². The summed E-state index contributed by atoms with van der Waals surface area (Å²) in [6.07, 6.45) is 6.71. The molecule has 3 nitrogen and oxygen atoms in total. The highest BCUT2D eigenvalue weighted by Crippen LogP contribution is 2.49. The van der Waals surface area contributed by atoms with Crippen LogP contribution in [-0.2, 0) is 4.79 Å². The van der Waals surface area contributed by atoms with Crippen molar-refractivity contribution in [2.75, 3.05) is 11.5 Å². The van der Waals surface area contributed by atoms with Gasteiger partial charge in [-0.1, -0.05) is 25.7 Å². The second kappa shape index (κ2) is 5.19. The lowest BCUT2D eigenvalue weighted by Crippen LogP contribution is -2.55. The van der Waals surface area contributed by atoms with E-state index < -0.39 is 17.0 Å². The Morgan fingerprint density at radius 1 is 0.941 bits per heavy atom. The number of hydrogen-bond acceptors (Lipinski definition) is 3. The van der Waals surface area contributed by atoms with E-state index in [0.717, 1.165) is 37.2 Å². The molecule has 98 valence electrons. The first kappa shape index (κ1) is 13.2. The number of carboxylic acids is 1. The molecule has 1 aliphatic heterocycles. The summed E-state index contributed by atoms with van der Waals surface area (Å²) in [6.45, 7) is 0. The van der Waals surface area contributed by atoms with Crippen molar-refractivity contribution >= 4 is 17.7 Å². The van der Waals surface area contributed by atoms with Crippen LogP contribution in [0, 0.1) is 5.41 Å². The fourth-order valence-electron chi connectivity index (χ4n) is 3.40. The van der Waals surface area contributed by atoms with Gasteiger partial charge in [-0.05, 0) is 37.2 Å². The molecule has 0 aromatic carbocycles. The second-order valence-electron chi connectivity index (χ2n) is 5.45. The predicted molar refractivity (Wildman–Crippen MR) is 69.3 cm³/mol. The highest BCUT2D eigenvalue weighted by Gasteiger charge is 2.55. The van der Waals surface area contributed by atoms with Gasteiger partial charge in [0.15, 0.2) is 0 Å². The molecule has 0 bridgehead atoms. The summed E-state index contributed by atoms with van der Waals surface area (Å²) in [7, 11) is 0. The van der Waals surface area contributed by atoms with Gasteiger partial charge in [0.1, 0.15) is 0 Å². The molecular weight excluding hydrogens is 236 g/mol. The molecule has 0 unspecified atom stereocenters. The van der Waals surface area contributed by atoms with Crippen molar-refractivity contribution in [2.24, 2.45) is 5.41 Å². The lowest BCUT2D eigenvalue weighted by Gasteiger charge is -2.46. The van der Waals surface area contributed by atoms with Crippen LogP contribution in [0.2, 0.25) is 0 Å². The molecule has 4 heteroatoms. The molecule has 2 fully saturated rings. The number of carbonyl (C=O) groups is 1. The van der Waals surface area contributed by atoms with Crippen LogP contribution in [0.4, 0.5) is 0 Å². The Hall–Kier alpha value is -0.220. The SMILES string of the molecule is O=C(O)C1(C2(O)CCSCC2)CCCCCC1. The number of hydrogen-bond donors (Lipinski definition) is 2. The molecule has 2 N–H and O–H groups in total. The molecule has 0 spiro atoms. The summed E-state index contributed by atoms with van der Waals surface area (Å²) >= 11 is 1.82. The number of rotatable bonds is 2. The van der Waals surface area contributed by atoms with Gasteiger partial charge in [-0.15, -0.1) is 0 Å². The third-order valence-electron chi connectivity index (χ3n) is 4.58. The maximum atomic E-state index is 11.8. The third kappa shape index (κ3) is 2.34. The van der Waals surface area contributed by atoms with Gasteiger partial charge >= 0.3 is 5.97 Å².